The van der Waals surface area contributed by atoms with Crippen LogP contribution >= 0.6 is 11.6 Å². The van der Waals surface area contributed by atoms with Crippen molar-refractivity contribution in [2.75, 3.05) is 16.2 Å². The zero-order chi connectivity index (χ0) is 14.3. The van der Waals surface area contributed by atoms with E-state index >= 15 is 0 Å². The van der Waals surface area contributed by atoms with Gasteiger partial charge >= 0.3 is 0 Å². The van der Waals surface area contributed by atoms with Crippen LogP contribution in [0, 0.1) is 6.92 Å². The fraction of sp³-hybridized carbons (Fsp3) is 0.455. The molecule has 0 aliphatic carbocycles. The fourth-order valence-electron chi connectivity index (χ4n) is 1.95. The van der Waals surface area contributed by atoms with E-state index in [-0.39, 0.29) is 17.9 Å². The van der Waals surface area contributed by atoms with E-state index in [1.165, 1.54) is 6.07 Å². The summed E-state index contributed by atoms with van der Waals surface area (Å²) < 4.78 is 49.4. The SMILES string of the molecule is Cc1ccc(Cl)cc1NS(=O)(=O)[C@@H]1CCS(=O)(=O)C1. The molecule has 106 valence electrons. The van der Waals surface area contributed by atoms with Crippen molar-refractivity contribution in [2.24, 2.45) is 0 Å². The number of aryl methyl sites for hydroxylation is 1. The average Bonchev–Trinajstić information content (AvgIpc) is 2.65. The molecule has 0 unspecified atom stereocenters. The van der Waals surface area contributed by atoms with E-state index in [0.717, 1.165) is 5.56 Å². The van der Waals surface area contributed by atoms with Gasteiger partial charge in [-0.1, -0.05) is 17.7 Å². The maximum absolute atomic E-state index is 12.1. The lowest BCUT2D eigenvalue weighted by molar-refractivity contribution is 0.587. The Balaban J connectivity index is 2.25. The summed E-state index contributed by atoms with van der Waals surface area (Å²) >= 11 is 5.82. The Hall–Kier alpha value is -0.790. The minimum atomic E-state index is -3.71. The summed E-state index contributed by atoms with van der Waals surface area (Å²) in [6, 6.07) is 4.87. The van der Waals surface area contributed by atoms with Crippen molar-refractivity contribution in [3.63, 3.8) is 0 Å². The third kappa shape index (κ3) is 3.40. The molecule has 5 nitrogen and oxygen atoms in total. The highest BCUT2D eigenvalue weighted by molar-refractivity contribution is 7.97. The molecular formula is C11H14ClNO4S2. The van der Waals surface area contributed by atoms with Gasteiger partial charge in [0.05, 0.1) is 22.4 Å². The van der Waals surface area contributed by atoms with Gasteiger partial charge in [-0.3, -0.25) is 4.72 Å². The van der Waals surface area contributed by atoms with Gasteiger partial charge < -0.3 is 0 Å². The summed E-state index contributed by atoms with van der Waals surface area (Å²) in [5.74, 6) is -0.394. The van der Waals surface area contributed by atoms with Gasteiger partial charge in [0.1, 0.15) is 0 Å². The van der Waals surface area contributed by atoms with E-state index in [1.54, 1.807) is 19.1 Å². The lowest BCUT2D eigenvalue weighted by Gasteiger charge is -2.14. The summed E-state index contributed by atoms with van der Waals surface area (Å²) in [4.78, 5) is 0. The molecule has 19 heavy (non-hydrogen) atoms. The topological polar surface area (TPSA) is 80.3 Å². The van der Waals surface area contributed by atoms with Gasteiger partial charge in [-0.15, -0.1) is 0 Å². The lowest BCUT2D eigenvalue weighted by Crippen LogP contribution is -2.29. The number of halogens is 1. The van der Waals surface area contributed by atoms with Crippen molar-refractivity contribution >= 4 is 37.1 Å². The standard InChI is InChI=1S/C11H14ClNO4S2/c1-8-2-3-9(12)6-11(8)13-19(16,17)10-4-5-18(14,15)7-10/h2-3,6,10,13H,4-5,7H2,1H3/t10-/m1/s1. The quantitative estimate of drug-likeness (QED) is 0.915. The second-order valence-corrected chi connectivity index (χ2v) is 9.26. The van der Waals surface area contributed by atoms with Crippen LogP contribution in [0.25, 0.3) is 0 Å². The summed E-state index contributed by atoms with van der Waals surface area (Å²) in [7, 11) is -6.95. The Morgan fingerprint density at radius 3 is 2.63 bits per heavy atom. The lowest BCUT2D eigenvalue weighted by atomic mass is 10.2. The minimum absolute atomic E-state index is 0.0763. The third-order valence-corrected chi connectivity index (χ3v) is 7.08. The van der Waals surface area contributed by atoms with E-state index in [4.69, 9.17) is 11.6 Å². The highest BCUT2D eigenvalue weighted by atomic mass is 35.5. The third-order valence-electron chi connectivity index (χ3n) is 3.08. The smallest absolute Gasteiger partial charge is 0.236 e. The first-order valence-corrected chi connectivity index (χ1v) is 9.42. The summed E-state index contributed by atoms with van der Waals surface area (Å²) in [6.07, 6.45) is 0.136. The van der Waals surface area contributed by atoms with Crippen molar-refractivity contribution in [1.29, 1.82) is 0 Å². The van der Waals surface area contributed by atoms with E-state index in [0.29, 0.717) is 10.7 Å². The first-order valence-electron chi connectivity index (χ1n) is 5.68. The molecule has 0 bridgehead atoms. The van der Waals surface area contributed by atoms with Crippen molar-refractivity contribution in [3.8, 4) is 0 Å². The molecule has 0 radical (unpaired) electrons. The zero-order valence-electron chi connectivity index (χ0n) is 10.3. The van der Waals surface area contributed by atoms with Crippen molar-refractivity contribution in [2.45, 2.75) is 18.6 Å². The van der Waals surface area contributed by atoms with Crippen LogP contribution in [0.1, 0.15) is 12.0 Å². The Morgan fingerprint density at radius 2 is 2.05 bits per heavy atom. The number of hydrogen-bond acceptors (Lipinski definition) is 4. The van der Waals surface area contributed by atoms with Gasteiger partial charge in [0.15, 0.2) is 9.84 Å². The molecule has 1 fully saturated rings. The zero-order valence-corrected chi connectivity index (χ0v) is 12.6. The minimum Gasteiger partial charge on any atom is -0.283 e. The first kappa shape index (κ1) is 14.6. The van der Waals surface area contributed by atoms with Crippen LogP contribution in [0.15, 0.2) is 18.2 Å². The van der Waals surface area contributed by atoms with E-state index in [2.05, 4.69) is 4.72 Å². The molecule has 2 rings (SSSR count). The molecule has 1 heterocycles. The van der Waals surface area contributed by atoms with Gasteiger partial charge in [-0.2, -0.15) is 0 Å². The van der Waals surface area contributed by atoms with Crippen LogP contribution in [-0.2, 0) is 19.9 Å². The molecule has 1 aliphatic rings. The number of hydrogen-bond donors (Lipinski definition) is 1. The molecule has 0 spiro atoms. The molecule has 8 heteroatoms. The van der Waals surface area contributed by atoms with Crippen LogP contribution in [0.3, 0.4) is 0 Å². The molecule has 0 saturated carbocycles. The number of anilines is 1. The number of sulfone groups is 1. The molecule has 1 aliphatic heterocycles. The summed E-state index contributed by atoms with van der Waals surface area (Å²) in [5, 5.41) is -0.474. The van der Waals surface area contributed by atoms with Crippen LogP contribution in [0.5, 0.6) is 0 Å². The van der Waals surface area contributed by atoms with Crippen molar-refractivity contribution in [1.82, 2.24) is 0 Å². The Kier molecular flexibility index (Phi) is 3.81. The van der Waals surface area contributed by atoms with Gasteiger partial charge in [0.25, 0.3) is 0 Å². The Labute approximate surface area is 117 Å². The van der Waals surface area contributed by atoms with Crippen LogP contribution < -0.4 is 4.72 Å². The Bertz CT molecular complexity index is 697. The van der Waals surface area contributed by atoms with Gasteiger partial charge in [0.2, 0.25) is 10.0 Å². The highest BCUT2D eigenvalue weighted by Crippen LogP contribution is 2.25. The van der Waals surface area contributed by atoms with Gasteiger partial charge in [0, 0.05) is 5.02 Å². The Morgan fingerprint density at radius 1 is 1.37 bits per heavy atom. The predicted molar refractivity (Wildman–Crippen MR) is 75.8 cm³/mol. The van der Waals surface area contributed by atoms with Gasteiger partial charge in [-0.25, -0.2) is 16.8 Å². The van der Waals surface area contributed by atoms with Crippen LogP contribution in [0.4, 0.5) is 5.69 Å². The molecule has 1 N–H and O–H groups in total. The molecule has 1 aromatic carbocycles. The molecule has 1 atom stereocenters. The second-order valence-electron chi connectivity index (χ2n) is 4.63. The van der Waals surface area contributed by atoms with Gasteiger partial charge in [-0.05, 0) is 31.0 Å². The summed E-state index contributed by atoms with van der Waals surface area (Å²) in [6.45, 7) is 1.75. The van der Waals surface area contributed by atoms with Crippen LogP contribution in [0.2, 0.25) is 5.02 Å². The van der Waals surface area contributed by atoms with Crippen molar-refractivity contribution < 1.29 is 16.8 Å². The maximum Gasteiger partial charge on any atom is 0.236 e. The normalized spacial score (nSPS) is 22.3. The van der Waals surface area contributed by atoms with E-state index in [1.807, 2.05) is 0 Å². The molecular weight excluding hydrogens is 310 g/mol. The molecule has 1 saturated heterocycles. The van der Waals surface area contributed by atoms with E-state index in [9.17, 15) is 16.8 Å². The monoisotopic (exact) mass is 323 g/mol. The number of nitrogens with one attached hydrogen (secondary N) is 1. The van der Waals surface area contributed by atoms with Crippen molar-refractivity contribution in [3.05, 3.63) is 28.8 Å². The van der Waals surface area contributed by atoms with E-state index < -0.39 is 25.1 Å². The number of rotatable bonds is 3. The fourth-order valence-corrected chi connectivity index (χ4v) is 6.27. The molecule has 0 aromatic heterocycles. The van der Waals surface area contributed by atoms with Crippen LogP contribution in [-0.4, -0.2) is 33.6 Å². The number of benzene rings is 1. The highest BCUT2D eigenvalue weighted by Gasteiger charge is 2.37. The first-order chi connectivity index (χ1) is 8.70. The molecule has 1 aromatic rings. The average molecular weight is 324 g/mol. The maximum atomic E-state index is 12.1. The largest absolute Gasteiger partial charge is 0.283 e. The molecule has 0 amide bonds. The predicted octanol–water partition coefficient (Wildman–Crippen LogP) is 1.58. The number of sulfonamides is 1. The summed E-state index contributed by atoms with van der Waals surface area (Å²) in [5.41, 5.74) is 1.12. The second kappa shape index (κ2) is 4.96.